The number of carboxylic acids is 2. The van der Waals surface area contributed by atoms with Gasteiger partial charge in [-0.25, -0.2) is 0 Å². The van der Waals surface area contributed by atoms with Crippen molar-refractivity contribution in [1.29, 1.82) is 0 Å². The molecule has 0 amide bonds. The van der Waals surface area contributed by atoms with E-state index in [0.29, 0.717) is 26.1 Å². The zero-order chi connectivity index (χ0) is 19.0. The van der Waals surface area contributed by atoms with Crippen molar-refractivity contribution >= 4 is 11.9 Å². The molecular formula is C20H30O6. The molecule has 26 heavy (non-hydrogen) atoms. The van der Waals surface area contributed by atoms with Gasteiger partial charge in [0.05, 0.1) is 13.2 Å². The first-order chi connectivity index (χ1) is 12.6. The van der Waals surface area contributed by atoms with Gasteiger partial charge in [0.2, 0.25) is 0 Å². The molecule has 0 saturated carbocycles. The highest BCUT2D eigenvalue weighted by molar-refractivity contribution is 5.66. The molecule has 0 aliphatic carbocycles. The van der Waals surface area contributed by atoms with Crippen molar-refractivity contribution in [2.24, 2.45) is 0 Å². The van der Waals surface area contributed by atoms with Crippen LogP contribution in [0.5, 0.6) is 11.5 Å². The maximum absolute atomic E-state index is 10.4. The summed E-state index contributed by atoms with van der Waals surface area (Å²) in [6, 6.07) is 7.57. The number of hydrogen-bond donors (Lipinski definition) is 2. The highest BCUT2D eigenvalue weighted by atomic mass is 16.5. The van der Waals surface area contributed by atoms with Crippen LogP contribution in [0.3, 0.4) is 0 Å². The summed E-state index contributed by atoms with van der Waals surface area (Å²) >= 11 is 0. The van der Waals surface area contributed by atoms with E-state index in [1.807, 2.05) is 24.3 Å². The Morgan fingerprint density at radius 1 is 0.654 bits per heavy atom. The molecule has 0 saturated heterocycles. The van der Waals surface area contributed by atoms with Crippen molar-refractivity contribution < 1.29 is 29.3 Å². The number of ether oxygens (including phenoxy) is 2. The van der Waals surface area contributed by atoms with E-state index in [0.717, 1.165) is 50.0 Å². The van der Waals surface area contributed by atoms with Crippen LogP contribution in [-0.4, -0.2) is 35.4 Å². The van der Waals surface area contributed by atoms with Gasteiger partial charge in [-0.3, -0.25) is 9.59 Å². The van der Waals surface area contributed by atoms with Gasteiger partial charge in [-0.2, -0.15) is 0 Å². The number of para-hydroxylation sites is 2. The van der Waals surface area contributed by atoms with Crippen LogP contribution in [0.25, 0.3) is 0 Å². The molecule has 0 unspecified atom stereocenters. The van der Waals surface area contributed by atoms with E-state index in [-0.39, 0.29) is 12.8 Å². The normalized spacial score (nSPS) is 10.5. The van der Waals surface area contributed by atoms with Crippen LogP contribution >= 0.6 is 0 Å². The third-order valence-electron chi connectivity index (χ3n) is 3.93. The Bertz CT molecular complexity index is 482. The summed E-state index contributed by atoms with van der Waals surface area (Å²) in [5.74, 6) is -0.0313. The Balaban J connectivity index is 2.15. The Morgan fingerprint density at radius 2 is 1.04 bits per heavy atom. The molecule has 0 heterocycles. The minimum atomic E-state index is -0.741. The highest BCUT2D eigenvalue weighted by Crippen LogP contribution is 2.27. The first-order valence-electron chi connectivity index (χ1n) is 9.38. The van der Waals surface area contributed by atoms with E-state index in [2.05, 4.69) is 0 Å². The molecule has 1 aromatic rings. The largest absolute Gasteiger partial charge is 0.490 e. The summed E-state index contributed by atoms with van der Waals surface area (Å²) in [6.45, 7) is 1.17. The maximum Gasteiger partial charge on any atom is 0.303 e. The Morgan fingerprint density at radius 3 is 1.42 bits per heavy atom. The van der Waals surface area contributed by atoms with Gasteiger partial charge in [0.1, 0.15) is 0 Å². The fraction of sp³-hybridized carbons (Fsp3) is 0.600. The minimum absolute atomic E-state index is 0.230. The number of carboxylic acid groups (broad SMARTS) is 2. The van der Waals surface area contributed by atoms with Gasteiger partial charge in [0, 0.05) is 12.8 Å². The second kappa shape index (κ2) is 14.0. The van der Waals surface area contributed by atoms with E-state index in [9.17, 15) is 9.59 Å². The molecular weight excluding hydrogens is 336 g/mol. The van der Waals surface area contributed by atoms with Gasteiger partial charge in [0.15, 0.2) is 11.5 Å². The quantitative estimate of drug-likeness (QED) is 0.418. The molecule has 2 N–H and O–H groups in total. The number of unbranched alkanes of at least 4 members (excludes halogenated alkanes) is 6. The third-order valence-corrected chi connectivity index (χ3v) is 3.93. The lowest BCUT2D eigenvalue weighted by Crippen LogP contribution is -2.03. The molecule has 0 aliphatic heterocycles. The molecule has 6 heteroatoms. The van der Waals surface area contributed by atoms with E-state index in [4.69, 9.17) is 19.7 Å². The standard InChI is InChI=1S/C20H30O6/c21-19(22)13-5-1-3-9-15-25-17-11-7-8-12-18(17)26-16-10-4-2-6-14-20(23)24/h7-8,11-12H,1-6,9-10,13-16H2,(H,21,22)(H,23,24). The van der Waals surface area contributed by atoms with E-state index < -0.39 is 11.9 Å². The van der Waals surface area contributed by atoms with Crippen molar-refractivity contribution in [2.45, 2.75) is 64.2 Å². The average Bonchev–Trinajstić information content (AvgIpc) is 2.60. The minimum Gasteiger partial charge on any atom is -0.490 e. The molecule has 0 atom stereocenters. The first-order valence-corrected chi connectivity index (χ1v) is 9.38. The van der Waals surface area contributed by atoms with Gasteiger partial charge < -0.3 is 19.7 Å². The summed E-state index contributed by atoms with van der Waals surface area (Å²) in [5, 5.41) is 17.2. The SMILES string of the molecule is O=C(O)CCCCCCOc1ccccc1OCCCCCCC(=O)O. The lowest BCUT2D eigenvalue weighted by atomic mass is 10.1. The fourth-order valence-corrected chi connectivity index (χ4v) is 2.52. The molecule has 0 radical (unpaired) electrons. The van der Waals surface area contributed by atoms with Gasteiger partial charge in [-0.1, -0.05) is 37.8 Å². The molecule has 1 rings (SSSR count). The maximum atomic E-state index is 10.4. The lowest BCUT2D eigenvalue weighted by molar-refractivity contribution is -0.138. The van der Waals surface area contributed by atoms with Crippen LogP contribution in [0.1, 0.15) is 64.2 Å². The highest BCUT2D eigenvalue weighted by Gasteiger charge is 2.04. The van der Waals surface area contributed by atoms with Crippen molar-refractivity contribution in [3.05, 3.63) is 24.3 Å². The van der Waals surface area contributed by atoms with Crippen molar-refractivity contribution in [3.63, 3.8) is 0 Å². The van der Waals surface area contributed by atoms with Crippen LogP contribution in [-0.2, 0) is 9.59 Å². The van der Waals surface area contributed by atoms with Crippen LogP contribution in [0.2, 0.25) is 0 Å². The average molecular weight is 366 g/mol. The molecule has 1 aromatic carbocycles. The number of carbonyl (C=O) groups is 2. The van der Waals surface area contributed by atoms with Gasteiger partial charge in [-0.15, -0.1) is 0 Å². The zero-order valence-corrected chi connectivity index (χ0v) is 15.3. The summed E-state index contributed by atoms with van der Waals surface area (Å²) in [5.41, 5.74) is 0. The number of rotatable bonds is 16. The zero-order valence-electron chi connectivity index (χ0n) is 15.3. The number of aliphatic carboxylic acids is 2. The van der Waals surface area contributed by atoms with Crippen LogP contribution in [0.4, 0.5) is 0 Å². The first kappa shape index (κ1) is 21.8. The van der Waals surface area contributed by atoms with Crippen LogP contribution in [0.15, 0.2) is 24.3 Å². The Labute approximate surface area is 155 Å². The monoisotopic (exact) mass is 366 g/mol. The second-order valence-corrected chi connectivity index (χ2v) is 6.26. The predicted molar refractivity (Wildman–Crippen MR) is 98.9 cm³/mol. The molecule has 0 fully saturated rings. The van der Waals surface area contributed by atoms with E-state index in [1.54, 1.807) is 0 Å². The molecule has 146 valence electrons. The summed E-state index contributed by atoms with van der Waals surface area (Å²) < 4.78 is 11.6. The molecule has 0 aliphatic rings. The summed E-state index contributed by atoms with van der Waals surface area (Å²) in [7, 11) is 0. The smallest absolute Gasteiger partial charge is 0.303 e. The molecule has 0 bridgehead atoms. The summed E-state index contributed by atoms with van der Waals surface area (Å²) in [6.07, 6.45) is 7.35. The Kier molecular flexibility index (Phi) is 11.7. The number of hydrogen-bond acceptors (Lipinski definition) is 4. The van der Waals surface area contributed by atoms with Gasteiger partial charge in [-0.05, 0) is 37.8 Å². The molecule has 0 aromatic heterocycles. The molecule has 6 nitrogen and oxygen atoms in total. The second-order valence-electron chi connectivity index (χ2n) is 6.26. The van der Waals surface area contributed by atoms with Gasteiger partial charge >= 0.3 is 11.9 Å². The van der Waals surface area contributed by atoms with Crippen LogP contribution < -0.4 is 9.47 Å². The van der Waals surface area contributed by atoms with Crippen molar-refractivity contribution in [1.82, 2.24) is 0 Å². The lowest BCUT2D eigenvalue weighted by Gasteiger charge is -2.12. The number of benzene rings is 1. The van der Waals surface area contributed by atoms with E-state index in [1.165, 1.54) is 0 Å². The predicted octanol–water partition coefficient (Wildman–Crippen LogP) is 4.51. The van der Waals surface area contributed by atoms with Gasteiger partial charge in [0.25, 0.3) is 0 Å². The fourth-order valence-electron chi connectivity index (χ4n) is 2.52. The molecule has 0 spiro atoms. The van der Waals surface area contributed by atoms with Crippen LogP contribution in [0, 0.1) is 0 Å². The van der Waals surface area contributed by atoms with Crippen molar-refractivity contribution in [3.8, 4) is 11.5 Å². The summed E-state index contributed by atoms with van der Waals surface area (Å²) in [4.78, 5) is 20.9. The van der Waals surface area contributed by atoms with E-state index >= 15 is 0 Å². The van der Waals surface area contributed by atoms with Crippen molar-refractivity contribution in [2.75, 3.05) is 13.2 Å². The Hall–Kier alpha value is -2.24. The topological polar surface area (TPSA) is 93.1 Å². The third kappa shape index (κ3) is 11.3.